The van der Waals surface area contributed by atoms with Crippen molar-refractivity contribution in [2.24, 2.45) is 5.73 Å². The van der Waals surface area contributed by atoms with Crippen molar-refractivity contribution in [2.75, 3.05) is 10.6 Å². The quantitative estimate of drug-likeness (QED) is 0.665. The van der Waals surface area contributed by atoms with Gasteiger partial charge in [0.25, 0.3) is 0 Å². The third-order valence-corrected chi connectivity index (χ3v) is 3.33. The maximum Gasteiger partial charge on any atom is 0.316 e. The van der Waals surface area contributed by atoms with E-state index < -0.39 is 6.03 Å². The van der Waals surface area contributed by atoms with Gasteiger partial charge in [-0.1, -0.05) is 24.3 Å². The van der Waals surface area contributed by atoms with E-state index in [1.165, 1.54) is 6.26 Å². The average Bonchev–Trinajstić information content (AvgIpc) is 3.03. The Hall–Kier alpha value is -3.61. The fourth-order valence-corrected chi connectivity index (χ4v) is 2.29. The molecule has 0 radical (unpaired) electrons. The number of urea groups is 1. The van der Waals surface area contributed by atoms with Gasteiger partial charge in [0.15, 0.2) is 0 Å². The first-order valence-corrected chi connectivity index (χ1v) is 7.56. The minimum atomic E-state index is -0.667. The van der Waals surface area contributed by atoms with Gasteiger partial charge in [0.05, 0.1) is 12.1 Å². The van der Waals surface area contributed by atoms with Gasteiger partial charge < -0.3 is 20.8 Å². The van der Waals surface area contributed by atoms with Gasteiger partial charge in [-0.05, 0) is 30.3 Å². The maximum absolute atomic E-state index is 12.2. The molecule has 0 bridgehead atoms. The summed E-state index contributed by atoms with van der Waals surface area (Å²) in [5.41, 5.74) is 7.49. The number of nitrogens with two attached hydrogens (primary N) is 1. The zero-order chi connectivity index (χ0) is 17.6. The Morgan fingerprint density at radius 3 is 2.44 bits per heavy atom. The molecule has 0 unspecified atom stereocenters. The molecule has 0 spiro atoms. The molecule has 3 rings (SSSR count). The van der Waals surface area contributed by atoms with Crippen LogP contribution in [-0.4, -0.2) is 16.9 Å². The van der Waals surface area contributed by atoms with Gasteiger partial charge in [-0.3, -0.25) is 4.79 Å². The molecular weight excluding hydrogens is 320 g/mol. The van der Waals surface area contributed by atoms with Gasteiger partial charge in [-0.25, -0.2) is 9.78 Å². The van der Waals surface area contributed by atoms with Crippen molar-refractivity contribution in [1.82, 2.24) is 4.98 Å². The van der Waals surface area contributed by atoms with Crippen LogP contribution in [0, 0.1) is 0 Å². The highest BCUT2D eigenvalue weighted by atomic mass is 16.3. The summed E-state index contributed by atoms with van der Waals surface area (Å²) >= 11 is 0. The Morgan fingerprint density at radius 1 is 1.00 bits per heavy atom. The van der Waals surface area contributed by atoms with Crippen molar-refractivity contribution in [3.63, 3.8) is 0 Å². The molecule has 4 N–H and O–H groups in total. The van der Waals surface area contributed by atoms with E-state index >= 15 is 0 Å². The number of amides is 3. The lowest BCUT2D eigenvalue weighted by Crippen LogP contribution is -2.19. The van der Waals surface area contributed by atoms with Crippen LogP contribution in [0.15, 0.2) is 65.3 Å². The number of anilines is 2. The summed E-state index contributed by atoms with van der Waals surface area (Å²) in [7, 11) is 0. The average molecular weight is 336 g/mol. The molecule has 3 aromatic rings. The molecule has 0 fully saturated rings. The van der Waals surface area contributed by atoms with Crippen LogP contribution in [0.5, 0.6) is 0 Å². The van der Waals surface area contributed by atoms with Crippen molar-refractivity contribution >= 4 is 23.3 Å². The molecular formula is C18H16N4O3. The molecule has 0 saturated heterocycles. The van der Waals surface area contributed by atoms with E-state index in [1.54, 1.807) is 24.3 Å². The van der Waals surface area contributed by atoms with E-state index in [0.29, 0.717) is 23.0 Å². The second-order valence-electron chi connectivity index (χ2n) is 5.31. The van der Waals surface area contributed by atoms with Crippen LogP contribution in [0.1, 0.15) is 5.69 Å². The first-order valence-electron chi connectivity index (χ1n) is 7.56. The Morgan fingerprint density at radius 2 is 1.72 bits per heavy atom. The second-order valence-corrected chi connectivity index (χ2v) is 5.31. The molecule has 0 saturated carbocycles. The Labute approximate surface area is 143 Å². The maximum atomic E-state index is 12.2. The van der Waals surface area contributed by atoms with E-state index in [2.05, 4.69) is 15.6 Å². The minimum Gasteiger partial charge on any atom is -0.444 e. The number of rotatable bonds is 5. The van der Waals surface area contributed by atoms with Gasteiger partial charge in [-0.2, -0.15) is 0 Å². The summed E-state index contributed by atoms with van der Waals surface area (Å²) in [6.45, 7) is 0. The smallest absolute Gasteiger partial charge is 0.316 e. The van der Waals surface area contributed by atoms with Crippen molar-refractivity contribution in [2.45, 2.75) is 6.42 Å². The van der Waals surface area contributed by atoms with E-state index in [0.717, 1.165) is 5.56 Å². The lowest BCUT2D eigenvalue weighted by atomic mass is 10.2. The Bertz CT molecular complexity index is 890. The normalized spacial score (nSPS) is 10.2. The van der Waals surface area contributed by atoms with Crippen LogP contribution >= 0.6 is 0 Å². The number of primary amides is 1. The van der Waals surface area contributed by atoms with Crippen molar-refractivity contribution in [1.29, 1.82) is 0 Å². The van der Waals surface area contributed by atoms with E-state index in [1.807, 2.05) is 30.3 Å². The number of carbonyl (C=O) groups excluding carboxylic acids is 2. The van der Waals surface area contributed by atoms with Crippen LogP contribution in [0.2, 0.25) is 0 Å². The summed E-state index contributed by atoms with van der Waals surface area (Å²) in [6, 6.07) is 15.5. The lowest BCUT2D eigenvalue weighted by molar-refractivity contribution is -0.115. The number of nitrogens with one attached hydrogen (secondary N) is 2. The highest BCUT2D eigenvalue weighted by Gasteiger charge is 2.11. The van der Waals surface area contributed by atoms with Gasteiger partial charge in [-0.15, -0.1) is 0 Å². The van der Waals surface area contributed by atoms with E-state index in [-0.39, 0.29) is 12.3 Å². The number of hydrogen-bond donors (Lipinski definition) is 3. The molecule has 25 heavy (non-hydrogen) atoms. The highest BCUT2D eigenvalue weighted by molar-refractivity contribution is 5.93. The van der Waals surface area contributed by atoms with E-state index in [9.17, 15) is 9.59 Å². The number of hydrogen-bond acceptors (Lipinski definition) is 4. The fraction of sp³-hybridized carbons (Fsp3) is 0.0556. The molecule has 0 aliphatic heterocycles. The van der Waals surface area contributed by atoms with Gasteiger partial charge >= 0.3 is 6.03 Å². The molecule has 7 nitrogen and oxygen atoms in total. The standard InChI is InChI=1S/C18H16N4O3/c19-18(24)22-14-8-4-7-13(9-14)20-16(23)10-15-11-25-17(21-15)12-5-2-1-3-6-12/h1-9,11H,10H2,(H,20,23)(H3,19,22,24). The molecule has 0 aliphatic carbocycles. The third kappa shape index (κ3) is 4.44. The first kappa shape index (κ1) is 16.3. The number of oxazole rings is 1. The largest absolute Gasteiger partial charge is 0.444 e. The molecule has 0 aliphatic rings. The summed E-state index contributed by atoms with van der Waals surface area (Å²) < 4.78 is 5.41. The van der Waals surface area contributed by atoms with Gasteiger partial charge in [0, 0.05) is 16.9 Å². The predicted octanol–water partition coefficient (Wildman–Crippen LogP) is 3.01. The molecule has 126 valence electrons. The number of aromatic nitrogens is 1. The van der Waals surface area contributed by atoms with Crippen LogP contribution in [0.25, 0.3) is 11.5 Å². The highest BCUT2D eigenvalue weighted by Crippen LogP contribution is 2.19. The molecule has 2 aromatic carbocycles. The molecule has 3 amide bonds. The monoisotopic (exact) mass is 336 g/mol. The molecule has 1 aromatic heterocycles. The molecule has 7 heteroatoms. The zero-order valence-corrected chi connectivity index (χ0v) is 13.2. The fourth-order valence-electron chi connectivity index (χ4n) is 2.29. The minimum absolute atomic E-state index is 0.0732. The van der Waals surface area contributed by atoms with Crippen molar-refractivity contribution in [3.05, 3.63) is 66.6 Å². The Balaban J connectivity index is 1.63. The first-order chi connectivity index (χ1) is 12.1. The van der Waals surface area contributed by atoms with Gasteiger partial charge in [0.1, 0.15) is 6.26 Å². The number of benzene rings is 2. The summed E-state index contributed by atoms with van der Waals surface area (Å²) in [4.78, 5) is 27.3. The van der Waals surface area contributed by atoms with Crippen molar-refractivity contribution < 1.29 is 14.0 Å². The van der Waals surface area contributed by atoms with Crippen LogP contribution in [-0.2, 0) is 11.2 Å². The van der Waals surface area contributed by atoms with E-state index in [4.69, 9.17) is 10.2 Å². The molecule has 1 heterocycles. The zero-order valence-electron chi connectivity index (χ0n) is 13.2. The van der Waals surface area contributed by atoms with Crippen LogP contribution < -0.4 is 16.4 Å². The summed E-state index contributed by atoms with van der Waals surface area (Å²) in [5, 5.41) is 5.19. The number of nitrogens with zero attached hydrogens (tertiary/aromatic N) is 1. The summed E-state index contributed by atoms with van der Waals surface area (Å²) in [6.07, 6.45) is 1.54. The lowest BCUT2D eigenvalue weighted by Gasteiger charge is -2.06. The second kappa shape index (κ2) is 7.31. The predicted molar refractivity (Wildman–Crippen MR) is 93.9 cm³/mol. The SMILES string of the molecule is NC(=O)Nc1cccc(NC(=O)Cc2coc(-c3ccccc3)n2)c1. The molecule has 0 atom stereocenters. The van der Waals surface area contributed by atoms with Crippen molar-refractivity contribution in [3.8, 4) is 11.5 Å². The van der Waals surface area contributed by atoms with Crippen LogP contribution in [0.3, 0.4) is 0 Å². The summed E-state index contributed by atoms with van der Waals surface area (Å²) in [5.74, 6) is 0.222. The van der Waals surface area contributed by atoms with Crippen LogP contribution in [0.4, 0.5) is 16.2 Å². The third-order valence-electron chi connectivity index (χ3n) is 3.33. The topological polar surface area (TPSA) is 110 Å². The number of carbonyl (C=O) groups is 2. The van der Waals surface area contributed by atoms with Gasteiger partial charge in [0.2, 0.25) is 11.8 Å². The Kier molecular flexibility index (Phi) is 4.75.